The fourth-order valence-corrected chi connectivity index (χ4v) is 3.60. The van der Waals surface area contributed by atoms with Crippen molar-refractivity contribution in [1.29, 1.82) is 0 Å². The molecule has 0 saturated carbocycles. The minimum atomic E-state index is 0.0245. The van der Waals surface area contributed by atoms with Gasteiger partial charge in [0.1, 0.15) is 0 Å². The fourth-order valence-electron chi connectivity index (χ4n) is 2.56. The van der Waals surface area contributed by atoms with Crippen LogP contribution in [0.25, 0.3) is 0 Å². The first-order valence-electron chi connectivity index (χ1n) is 7.71. The molecule has 6 heteroatoms. The van der Waals surface area contributed by atoms with Gasteiger partial charge < -0.3 is 10.1 Å². The number of rotatable bonds is 6. The van der Waals surface area contributed by atoms with Crippen LogP contribution >= 0.6 is 22.9 Å². The Hall–Kier alpha value is -1.43. The maximum absolute atomic E-state index is 12.0. The minimum absolute atomic E-state index is 0.0245. The summed E-state index contributed by atoms with van der Waals surface area (Å²) in [6.45, 7) is 2.25. The summed E-state index contributed by atoms with van der Waals surface area (Å²) in [5.74, 6) is 0.476. The Balaban J connectivity index is 1.49. The molecule has 0 unspecified atom stereocenters. The number of carbonyl (C=O) groups is 1. The number of ether oxygens (including phenoxy) is 1. The molecular formula is C17H19ClN2O2S. The van der Waals surface area contributed by atoms with Crippen molar-refractivity contribution < 1.29 is 9.53 Å². The van der Waals surface area contributed by atoms with Crippen LogP contribution in [0.3, 0.4) is 0 Å². The number of thiazole rings is 1. The van der Waals surface area contributed by atoms with Gasteiger partial charge in [0.25, 0.3) is 0 Å². The highest BCUT2D eigenvalue weighted by molar-refractivity contribution is 7.09. The van der Waals surface area contributed by atoms with E-state index in [1.54, 1.807) is 11.3 Å². The molecule has 3 rings (SSSR count). The first-order valence-corrected chi connectivity index (χ1v) is 8.97. The largest absolute Gasteiger partial charge is 0.381 e. The van der Waals surface area contributed by atoms with Crippen LogP contribution in [-0.2, 0) is 22.4 Å². The van der Waals surface area contributed by atoms with Gasteiger partial charge in [-0.05, 0) is 24.1 Å². The van der Waals surface area contributed by atoms with E-state index in [4.69, 9.17) is 16.3 Å². The lowest BCUT2D eigenvalue weighted by Gasteiger charge is -2.08. The third-order valence-corrected chi connectivity index (χ3v) is 4.93. The van der Waals surface area contributed by atoms with Crippen molar-refractivity contribution in [2.45, 2.75) is 19.3 Å². The molecule has 1 amide bonds. The van der Waals surface area contributed by atoms with Crippen molar-refractivity contribution in [3.8, 4) is 0 Å². The second-order valence-corrected chi connectivity index (χ2v) is 7.13. The highest BCUT2D eigenvalue weighted by atomic mass is 35.5. The van der Waals surface area contributed by atoms with Crippen LogP contribution in [0.15, 0.2) is 29.6 Å². The normalized spacial score (nSPS) is 17.3. The molecule has 1 saturated heterocycles. The molecule has 1 aromatic carbocycles. The summed E-state index contributed by atoms with van der Waals surface area (Å²) in [7, 11) is 0. The number of amides is 1. The predicted octanol–water partition coefficient (Wildman–Crippen LogP) is 3.08. The average molecular weight is 351 g/mol. The lowest BCUT2D eigenvalue weighted by molar-refractivity contribution is -0.120. The molecule has 2 heterocycles. The minimum Gasteiger partial charge on any atom is -0.381 e. The number of nitrogens with zero attached hydrogens (tertiary/aromatic N) is 1. The Morgan fingerprint density at radius 2 is 2.39 bits per heavy atom. The summed E-state index contributed by atoms with van der Waals surface area (Å²) >= 11 is 7.58. The van der Waals surface area contributed by atoms with Crippen molar-refractivity contribution in [2.75, 3.05) is 19.8 Å². The predicted molar refractivity (Wildman–Crippen MR) is 92.0 cm³/mol. The van der Waals surface area contributed by atoms with Crippen LogP contribution in [0.1, 0.15) is 22.7 Å². The number of hydrogen-bond acceptors (Lipinski definition) is 4. The molecule has 23 heavy (non-hydrogen) atoms. The van der Waals surface area contributed by atoms with E-state index >= 15 is 0 Å². The highest BCUT2D eigenvalue weighted by Gasteiger charge is 2.16. The number of hydrogen-bond donors (Lipinski definition) is 1. The van der Waals surface area contributed by atoms with E-state index < -0.39 is 0 Å². The quantitative estimate of drug-likeness (QED) is 0.871. The molecule has 2 aromatic rings. The average Bonchev–Trinajstić information content (AvgIpc) is 3.17. The zero-order chi connectivity index (χ0) is 16.1. The van der Waals surface area contributed by atoms with Crippen LogP contribution in [0.2, 0.25) is 5.02 Å². The van der Waals surface area contributed by atoms with Crippen LogP contribution in [0.4, 0.5) is 0 Å². The molecule has 122 valence electrons. The number of halogens is 1. The first kappa shape index (κ1) is 16.4. The monoisotopic (exact) mass is 350 g/mol. The van der Waals surface area contributed by atoms with E-state index in [9.17, 15) is 4.79 Å². The smallest absolute Gasteiger partial charge is 0.226 e. The van der Waals surface area contributed by atoms with Crippen molar-refractivity contribution >= 4 is 28.8 Å². The Kier molecular flexibility index (Phi) is 5.65. The molecule has 1 aromatic heterocycles. The Labute approximate surface area is 144 Å². The molecule has 1 N–H and O–H groups in total. The summed E-state index contributed by atoms with van der Waals surface area (Å²) in [5, 5.41) is 6.65. The van der Waals surface area contributed by atoms with Gasteiger partial charge in [0, 0.05) is 35.9 Å². The van der Waals surface area contributed by atoms with E-state index in [1.165, 1.54) is 0 Å². The number of benzene rings is 1. The van der Waals surface area contributed by atoms with Gasteiger partial charge in [-0.2, -0.15) is 0 Å². The van der Waals surface area contributed by atoms with Crippen molar-refractivity contribution in [3.63, 3.8) is 0 Å². The van der Waals surface area contributed by atoms with Crippen LogP contribution in [-0.4, -0.2) is 30.6 Å². The van der Waals surface area contributed by atoms with Gasteiger partial charge in [-0.15, -0.1) is 11.3 Å². The van der Waals surface area contributed by atoms with Gasteiger partial charge in [-0.3, -0.25) is 4.79 Å². The van der Waals surface area contributed by atoms with Gasteiger partial charge in [0.05, 0.1) is 23.7 Å². The molecular weight excluding hydrogens is 332 g/mol. The molecule has 1 atom stereocenters. The van der Waals surface area contributed by atoms with Crippen molar-refractivity contribution in [2.24, 2.45) is 5.92 Å². The molecule has 1 aliphatic rings. The number of nitrogens with one attached hydrogen (secondary N) is 1. The zero-order valence-electron chi connectivity index (χ0n) is 12.8. The standard InChI is InChI=1S/C17H19ClN2O2S/c18-14-3-1-2-12(6-14)7-17-20-15(11-23-17)8-16(21)19-9-13-4-5-22-10-13/h1-3,6,11,13H,4-5,7-10H2,(H,19,21)/t13-/m1/s1. The molecule has 1 aliphatic heterocycles. The lowest BCUT2D eigenvalue weighted by Crippen LogP contribution is -2.30. The summed E-state index contributed by atoms with van der Waals surface area (Å²) in [6, 6.07) is 7.77. The third kappa shape index (κ3) is 5.03. The molecule has 0 spiro atoms. The Morgan fingerprint density at radius 1 is 1.48 bits per heavy atom. The van der Waals surface area contributed by atoms with Gasteiger partial charge in [-0.25, -0.2) is 4.98 Å². The van der Waals surface area contributed by atoms with E-state index in [-0.39, 0.29) is 5.91 Å². The highest BCUT2D eigenvalue weighted by Crippen LogP contribution is 2.18. The molecule has 1 fully saturated rings. The van der Waals surface area contributed by atoms with Gasteiger partial charge in [-0.1, -0.05) is 23.7 Å². The second kappa shape index (κ2) is 7.90. The first-order chi connectivity index (χ1) is 11.2. The van der Waals surface area contributed by atoms with E-state index in [0.717, 1.165) is 47.3 Å². The summed E-state index contributed by atoms with van der Waals surface area (Å²) < 4.78 is 5.30. The maximum Gasteiger partial charge on any atom is 0.226 e. The van der Waals surface area contributed by atoms with Crippen molar-refractivity contribution in [3.05, 3.63) is 50.9 Å². The van der Waals surface area contributed by atoms with Crippen LogP contribution in [0, 0.1) is 5.92 Å². The van der Waals surface area contributed by atoms with E-state index in [0.29, 0.717) is 18.9 Å². The van der Waals surface area contributed by atoms with Gasteiger partial charge in [0.2, 0.25) is 5.91 Å². The van der Waals surface area contributed by atoms with Gasteiger partial charge in [0.15, 0.2) is 0 Å². The van der Waals surface area contributed by atoms with Crippen LogP contribution in [0.5, 0.6) is 0 Å². The molecule has 0 aliphatic carbocycles. The van der Waals surface area contributed by atoms with E-state index in [2.05, 4.69) is 10.3 Å². The molecule has 4 nitrogen and oxygen atoms in total. The molecule has 0 radical (unpaired) electrons. The van der Waals surface area contributed by atoms with E-state index in [1.807, 2.05) is 29.6 Å². The summed E-state index contributed by atoms with van der Waals surface area (Å²) in [4.78, 5) is 16.5. The maximum atomic E-state index is 12.0. The van der Waals surface area contributed by atoms with Gasteiger partial charge >= 0.3 is 0 Å². The Bertz CT molecular complexity index is 668. The summed E-state index contributed by atoms with van der Waals surface area (Å²) in [5.41, 5.74) is 1.95. The van der Waals surface area contributed by atoms with Crippen molar-refractivity contribution in [1.82, 2.24) is 10.3 Å². The Morgan fingerprint density at radius 3 is 3.17 bits per heavy atom. The fraction of sp³-hybridized carbons (Fsp3) is 0.412. The topological polar surface area (TPSA) is 51.2 Å². The molecule has 0 bridgehead atoms. The number of carbonyl (C=O) groups excluding carboxylic acids is 1. The second-order valence-electron chi connectivity index (χ2n) is 5.75. The zero-order valence-corrected chi connectivity index (χ0v) is 14.3. The third-order valence-electron chi connectivity index (χ3n) is 3.80. The summed E-state index contributed by atoms with van der Waals surface area (Å²) in [6.07, 6.45) is 2.10. The van der Waals surface area contributed by atoms with Crippen LogP contribution < -0.4 is 5.32 Å². The number of aromatic nitrogens is 1. The lowest BCUT2D eigenvalue weighted by atomic mass is 10.1. The SMILES string of the molecule is O=C(Cc1csc(Cc2cccc(Cl)c2)n1)NC[C@H]1CCOC1.